The van der Waals surface area contributed by atoms with Crippen LogP contribution in [0.15, 0.2) is 0 Å². The first kappa shape index (κ1) is 15.7. The summed E-state index contributed by atoms with van der Waals surface area (Å²) in [7, 11) is 0. The molecule has 17 heavy (non-hydrogen) atoms. The summed E-state index contributed by atoms with van der Waals surface area (Å²) in [5, 5.41) is 28.7. The molecule has 0 aromatic rings. The van der Waals surface area contributed by atoms with Gasteiger partial charge in [-0.2, -0.15) is 0 Å². The van der Waals surface area contributed by atoms with Crippen LogP contribution in [0.5, 0.6) is 0 Å². The van der Waals surface area contributed by atoms with E-state index in [4.69, 9.17) is 15.3 Å². The normalized spacial score (nSPS) is 12.3. The number of hydrogen-bond acceptors (Lipinski definition) is 4. The van der Waals surface area contributed by atoms with E-state index in [0.717, 1.165) is 0 Å². The second-order valence-corrected chi connectivity index (χ2v) is 3.89. The number of amides is 2. The molecule has 0 saturated heterocycles. The Hall–Kier alpha value is -1.34. The summed E-state index contributed by atoms with van der Waals surface area (Å²) in [6.07, 6.45) is -1.52. The summed E-state index contributed by atoms with van der Waals surface area (Å²) in [6.45, 7) is 3.76. The summed E-state index contributed by atoms with van der Waals surface area (Å²) >= 11 is 0. The third kappa shape index (κ3) is 6.08. The first-order valence-corrected chi connectivity index (χ1v) is 5.46. The Morgan fingerprint density at radius 1 is 1.35 bits per heavy atom. The van der Waals surface area contributed by atoms with Crippen LogP contribution < -0.4 is 5.32 Å². The molecule has 100 valence electrons. The van der Waals surface area contributed by atoms with E-state index >= 15 is 0 Å². The molecule has 0 aliphatic rings. The minimum absolute atomic E-state index is 0.0495. The Labute approximate surface area is 100 Å². The Balaban J connectivity index is 4.02. The largest absolute Gasteiger partial charge is 0.479 e. The van der Waals surface area contributed by atoms with Crippen molar-refractivity contribution < 1.29 is 24.9 Å². The monoisotopic (exact) mass is 248 g/mol. The molecule has 2 amide bonds. The molecule has 0 unspecified atom stereocenters. The van der Waals surface area contributed by atoms with Crippen molar-refractivity contribution in [3.8, 4) is 0 Å². The lowest BCUT2D eigenvalue weighted by Crippen LogP contribution is -2.46. The minimum atomic E-state index is -1.47. The van der Waals surface area contributed by atoms with Gasteiger partial charge in [0.1, 0.15) is 0 Å². The van der Waals surface area contributed by atoms with E-state index in [-0.39, 0.29) is 38.2 Å². The van der Waals surface area contributed by atoms with Gasteiger partial charge in [-0.05, 0) is 13.8 Å². The van der Waals surface area contributed by atoms with E-state index in [1.807, 2.05) is 0 Å². The second-order valence-electron chi connectivity index (χ2n) is 3.89. The Bertz CT molecular complexity index is 257. The molecular weight excluding hydrogens is 228 g/mol. The molecule has 7 nitrogen and oxygen atoms in total. The molecular formula is C10H20N2O5. The number of carbonyl (C=O) groups is 2. The number of carboxylic acid groups (broad SMARTS) is 1. The number of nitrogens with one attached hydrogen (secondary N) is 1. The summed E-state index contributed by atoms with van der Waals surface area (Å²) < 4.78 is 0. The molecule has 0 aliphatic carbocycles. The smallest absolute Gasteiger partial charge is 0.332 e. The maximum absolute atomic E-state index is 11.6. The number of urea groups is 1. The van der Waals surface area contributed by atoms with E-state index < -0.39 is 12.1 Å². The predicted molar refractivity (Wildman–Crippen MR) is 60.6 cm³/mol. The fourth-order valence-corrected chi connectivity index (χ4v) is 1.24. The zero-order valence-corrected chi connectivity index (χ0v) is 10.1. The van der Waals surface area contributed by atoms with Crippen LogP contribution in [-0.4, -0.2) is 64.1 Å². The summed E-state index contributed by atoms with van der Waals surface area (Å²) in [5.41, 5.74) is 0. The van der Waals surface area contributed by atoms with Crippen LogP contribution >= 0.6 is 0 Å². The molecule has 0 fully saturated rings. The van der Waals surface area contributed by atoms with Crippen LogP contribution in [0.1, 0.15) is 20.3 Å². The molecule has 0 aromatic carbocycles. The number of aliphatic carboxylic acids is 1. The minimum Gasteiger partial charge on any atom is -0.479 e. The molecule has 0 saturated carbocycles. The average Bonchev–Trinajstić information content (AvgIpc) is 2.24. The number of aliphatic hydroxyl groups is 2. The highest BCUT2D eigenvalue weighted by Gasteiger charge is 2.17. The van der Waals surface area contributed by atoms with Crippen LogP contribution in [0.3, 0.4) is 0 Å². The summed E-state index contributed by atoms with van der Waals surface area (Å²) in [4.78, 5) is 23.3. The topological polar surface area (TPSA) is 110 Å². The van der Waals surface area contributed by atoms with Crippen molar-refractivity contribution in [1.29, 1.82) is 0 Å². The maximum Gasteiger partial charge on any atom is 0.332 e. The van der Waals surface area contributed by atoms with Gasteiger partial charge >= 0.3 is 12.0 Å². The van der Waals surface area contributed by atoms with Crippen LogP contribution in [0.25, 0.3) is 0 Å². The van der Waals surface area contributed by atoms with Crippen LogP contribution in [0.4, 0.5) is 4.79 Å². The van der Waals surface area contributed by atoms with Gasteiger partial charge in [0.2, 0.25) is 0 Å². The average molecular weight is 248 g/mol. The Morgan fingerprint density at radius 2 is 1.94 bits per heavy atom. The van der Waals surface area contributed by atoms with Crippen LogP contribution in [-0.2, 0) is 4.79 Å². The van der Waals surface area contributed by atoms with Gasteiger partial charge in [0.25, 0.3) is 0 Å². The van der Waals surface area contributed by atoms with Crippen molar-refractivity contribution >= 4 is 12.0 Å². The quantitative estimate of drug-likeness (QED) is 0.473. The Morgan fingerprint density at radius 3 is 2.35 bits per heavy atom. The fraction of sp³-hybridized carbons (Fsp3) is 0.800. The van der Waals surface area contributed by atoms with Crippen molar-refractivity contribution in [1.82, 2.24) is 10.2 Å². The molecule has 0 spiro atoms. The lowest BCUT2D eigenvalue weighted by atomic mass is 10.2. The molecule has 0 heterocycles. The highest BCUT2D eigenvalue weighted by molar-refractivity contribution is 5.75. The maximum atomic E-state index is 11.6. The Kier molecular flexibility index (Phi) is 7.24. The van der Waals surface area contributed by atoms with Crippen molar-refractivity contribution in [3.63, 3.8) is 0 Å². The molecule has 0 aromatic heterocycles. The van der Waals surface area contributed by atoms with Crippen molar-refractivity contribution in [2.24, 2.45) is 0 Å². The summed E-state index contributed by atoms with van der Waals surface area (Å²) in [5.74, 6) is -1.31. The highest BCUT2D eigenvalue weighted by atomic mass is 16.4. The van der Waals surface area contributed by atoms with Crippen LogP contribution in [0.2, 0.25) is 0 Å². The number of rotatable bonds is 7. The highest BCUT2D eigenvalue weighted by Crippen LogP contribution is 1.98. The van der Waals surface area contributed by atoms with Gasteiger partial charge in [-0.25, -0.2) is 9.59 Å². The van der Waals surface area contributed by atoms with Gasteiger partial charge in [-0.3, -0.25) is 0 Å². The molecule has 0 radical (unpaired) electrons. The summed E-state index contributed by atoms with van der Waals surface area (Å²) in [6, 6.07) is -0.446. The first-order chi connectivity index (χ1) is 7.90. The van der Waals surface area contributed by atoms with E-state index in [0.29, 0.717) is 0 Å². The van der Waals surface area contributed by atoms with Crippen molar-refractivity contribution in [3.05, 3.63) is 0 Å². The van der Waals surface area contributed by atoms with E-state index in [1.54, 1.807) is 13.8 Å². The number of aliphatic hydroxyl groups excluding tert-OH is 2. The fourth-order valence-electron chi connectivity index (χ4n) is 1.24. The van der Waals surface area contributed by atoms with E-state index in [9.17, 15) is 9.59 Å². The SMILES string of the molecule is CC(C)N(CCO)C(=O)NCC[C@H](O)C(=O)O. The lowest BCUT2D eigenvalue weighted by molar-refractivity contribution is -0.146. The standard InChI is InChI=1S/C10H20N2O5/c1-7(2)12(5-6-13)10(17)11-4-3-8(14)9(15)16/h7-8,13-14H,3-6H2,1-2H3,(H,11,17)(H,15,16)/t8-/m0/s1. The van der Waals surface area contributed by atoms with Gasteiger partial charge in [0.15, 0.2) is 6.10 Å². The van der Waals surface area contributed by atoms with Gasteiger partial charge in [0, 0.05) is 25.6 Å². The van der Waals surface area contributed by atoms with Gasteiger partial charge < -0.3 is 25.5 Å². The van der Waals surface area contributed by atoms with E-state index in [2.05, 4.69) is 5.32 Å². The molecule has 0 rings (SSSR count). The van der Waals surface area contributed by atoms with E-state index in [1.165, 1.54) is 4.90 Å². The third-order valence-electron chi connectivity index (χ3n) is 2.20. The van der Waals surface area contributed by atoms with Gasteiger partial charge in [-0.1, -0.05) is 0 Å². The predicted octanol–water partition coefficient (Wildman–Crippen LogP) is -0.766. The van der Waals surface area contributed by atoms with Gasteiger partial charge in [-0.15, -0.1) is 0 Å². The molecule has 0 bridgehead atoms. The second kappa shape index (κ2) is 7.86. The molecule has 7 heteroatoms. The number of hydrogen-bond donors (Lipinski definition) is 4. The van der Waals surface area contributed by atoms with Gasteiger partial charge in [0.05, 0.1) is 6.61 Å². The number of nitrogens with zero attached hydrogens (tertiary/aromatic N) is 1. The molecule has 0 aliphatic heterocycles. The van der Waals surface area contributed by atoms with Crippen molar-refractivity contribution in [2.75, 3.05) is 19.7 Å². The zero-order valence-electron chi connectivity index (χ0n) is 10.1. The zero-order chi connectivity index (χ0) is 13.4. The van der Waals surface area contributed by atoms with Crippen LogP contribution in [0, 0.1) is 0 Å². The van der Waals surface area contributed by atoms with Crippen molar-refractivity contribution in [2.45, 2.75) is 32.4 Å². The molecule has 4 N–H and O–H groups in total. The number of carboxylic acids is 1. The lowest BCUT2D eigenvalue weighted by Gasteiger charge is -2.26. The number of carbonyl (C=O) groups excluding carboxylic acids is 1. The molecule has 1 atom stereocenters. The third-order valence-corrected chi connectivity index (χ3v) is 2.20. The first-order valence-electron chi connectivity index (χ1n) is 5.46.